The Morgan fingerprint density at radius 3 is 2.38 bits per heavy atom. The van der Waals surface area contributed by atoms with Crippen molar-refractivity contribution in [3.8, 4) is 11.1 Å². The van der Waals surface area contributed by atoms with Crippen LogP contribution in [0.15, 0.2) is 42.5 Å². The van der Waals surface area contributed by atoms with Gasteiger partial charge in [0.15, 0.2) is 0 Å². The van der Waals surface area contributed by atoms with Gasteiger partial charge in [0.2, 0.25) is 5.91 Å². The van der Waals surface area contributed by atoms with Gasteiger partial charge in [0, 0.05) is 36.5 Å². The molecule has 21 heavy (non-hydrogen) atoms. The number of aryl methyl sites for hydroxylation is 1. The molecule has 0 atom stereocenters. The van der Waals surface area contributed by atoms with Crippen LogP contribution in [-0.2, 0) is 4.79 Å². The molecule has 0 spiro atoms. The van der Waals surface area contributed by atoms with Crippen molar-refractivity contribution >= 4 is 17.5 Å². The van der Waals surface area contributed by atoms with Crippen molar-refractivity contribution < 1.29 is 4.79 Å². The maximum absolute atomic E-state index is 11.2. The molecule has 1 aliphatic heterocycles. The number of rotatable bonds is 2. The lowest BCUT2D eigenvalue weighted by Gasteiger charge is -2.39. The summed E-state index contributed by atoms with van der Waals surface area (Å²) in [5, 5.41) is 0.786. The topological polar surface area (TPSA) is 20.3 Å². The number of hydrogen-bond acceptors (Lipinski definition) is 1. The molecule has 1 aliphatic rings. The fraction of sp³-hybridized carbons (Fsp3) is 0.278. The Hall–Kier alpha value is -1.80. The van der Waals surface area contributed by atoms with Gasteiger partial charge in [0.05, 0.1) is 0 Å². The molecule has 0 aliphatic carbocycles. The predicted molar refractivity (Wildman–Crippen MR) is 86.6 cm³/mol. The Kier molecular flexibility index (Phi) is 3.73. The minimum Gasteiger partial charge on any atom is -0.342 e. The van der Waals surface area contributed by atoms with E-state index in [9.17, 15) is 4.79 Å². The first-order valence-corrected chi connectivity index (χ1v) is 7.54. The summed E-state index contributed by atoms with van der Waals surface area (Å²) in [6, 6.07) is 14.6. The van der Waals surface area contributed by atoms with Crippen LogP contribution in [0.3, 0.4) is 0 Å². The summed E-state index contributed by atoms with van der Waals surface area (Å²) in [6.07, 6.45) is 0. The zero-order valence-electron chi connectivity index (χ0n) is 12.3. The quantitative estimate of drug-likeness (QED) is 0.811. The summed E-state index contributed by atoms with van der Waals surface area (Å²) in [7, 11) is 0. The highest BCUT2D eigenvalue weighted by atomic mass is 35.5. The van der Waals surface area contributed by atoms with Crippen LogP contribution < -0.4 is 0 Å². The maximum atomic E-state index is 11.2. The van der Waals surface area contributed by atoms with Gasteiger partial charge in [-0.25, -0.2) is 0 Å². The fourth-order valence-corrected chi connectivity index (χ4v) is 3.08. The summed E-state index contributed by atoms with van der Waals surface area (Å²) in [4.78, 5) is 13.1. The number of carbonyl (C=O) groups excluding carboxylic acids is 1. The third-order valence-electron chi connectivity index (χ3n) is 4.14. The van der Waals surface area contributed by atoms with E-state index in [-0.39, 0.29) is 5.91 Å². The normalized spacial score (nSPS) is 14.9. The fourth-order valence-electron chi connectivity index (χ4n) is 2.74. The van der Waals surface area contributed by atoms with Crippen LogP contribution in [-0.4, -0.2) is 23.9 Å². The Labute approximate surface area is 130 Å². The minimum absolute atomic E-state index is 0.161. The van der Waals surface area contributed by atoms with Gasteiger partial charge in [-0.3, -0.25) is 4.79 Å². The predicted octanol–water partition coefficient (Wildman–Crippen LogP) is 4.26. The summed E-state index contributed by atoms with van der Waals surface area (Å²) in [5.74, 6) is 0.630. The molecule has 1 heterocycles. The standard InChI is InChI=1S/C18H18ClNO/c1-12-3-8-17(18(19)9-12)15-6-4-14(5-7-15)16-10-20(11-16)13(2)21/h3-9,16H,10-11H2,1-2H3. The van der Waals surface area contributed by atoms with Crippen molar-refractivity contribution in [2.45, 2.75) is 19.8 Å². The molecule has 0 aromatic heterocycles. The molecule has 108 valence electrons. The molecule has 1 saturated heterocycles. The van der Waals surface area contributed by atoms with Crippen LogP contribution in [0.1, 0.15) is 24.0 Å². The van der Waals surface area contributed by atoms with Crippen LogP contribution in [0.25, 0.3) is 11.1 Å². The van der Waals surface area contributed by atoms with E-state index in [0.717, 1.165) is 29.2 Å². The van der Waals surface area contributed by atoms with Crippen LogP contribution in [0.2, 0.25) is 5.02 Å². The highest BCUT2D eigenvalue weighted by Gasteiger charge is 2.29. The molecule has 1 fully saturated rings. The van der Waals surface area contributed by atoms with E-state index < -0.39 is 0 Å². The lowest BCUT2D eigenvalue weighted by atomic mass is 9.90. The summed E-state index contributed by atoms with van der Waals surface area (Å²) < 4.78 is 0. The molecule has 0 N–H and O–H groups in total. The van der Waals surface area contributed by atoms with Gasteiger partial charge in [-0.15, -0.1) is 0 Å². The molecule has 3 rings (SSSR count). The van der Waals surface area contributed by atoms with E-state index in [4.69, 9.17) is 11.6 Å². The lowest BCUT2D eigenvalue weighted by molar-refractivity contribution is -0.133. The average molecular weight is 300 g/mol. The Morgan fingerprint density at radius 2 is 1.81 bits per heavy atom. The summed E-state index contributed by atoms with van der Waals surface area (Å²) in [6.45, 7) is 5.33. The molecular formula is C18H18ClNO. The van der Waals surface area contributed by atoms with Gasteiger partial charge in [0.1, 0.15) is 0 Å². The largest absolute Gasteiger partial charge is 0.342 e. The molecule has 1 amide bonds. The second-order valence-corrected chi connectivity index (χ2v) is 6.13. The number of amides is 1. The third kappa shape index (κ3) is 2.81. The maximum Gasteiger partial charge on any atom is 0.219 e. The van der Waals surface area contributed by atoms with Crippen molar-refractivity contribution in [2.24, 2.45) is 0 Å². The van der Waals surface area contributed by atoms with Crippen LogP contribution >= 0.6 is 11.6 Å². The number of nitrogens with zero attached hydrogens (tertiary/aromatic N) is 1. The lowest BCUT2D eigenvalue weighted by Crippen LogP contribution is -2.47. The zero-order chi connectivity index (χ0) is 15.0. The zero-order valence-corrected chi connectivity index (χ0v) is 13.0. The molecule has 2 aromatic carbocycles. The van der Waals surface area contributed by atoms with Gasteiger partial charge in [-0.2, -0.15) is 0 Å². The number of halogens is 1. The van der Waals surface area contributed by atoms with E-state index in [2.05, 4.69) is 36.4 Å². The van der Waals surface area contributed by atoms with E-state index in [1.165, 1.54) is 11.1 Å². The smallest absolute Gasteiger partial charge is 0.219 e. The molecule has 3 heteroatoms. The number of likely N-dealkylation sites (tertiary alicyclic amines) is 1. The number of benzene rings is 2. The Balaban J connectivity index is 1.77. The summed E-state index contributed by atoms with van der Waals surface area (Å²) in [5.41, 5.74) is 4.65. The highest BCUT2D eigenvalue weighted by Crippen LogP contribution is 2.32. The number of hydrogen-bond donors (Lipinski definition) is 0. The molecule has 0 radical (unpaired) electrons. The average Bonchev–Trinajstić information content (AvgIpc) is 2.38. The molecule has 0 unspecified atom stereocenters. The molecule has 0 saturated carbocycles. The molecule has 0 bridgehead atoms. The SMILES string of the molecule is CC(=O)N1CC(c2ccc(-c3ccc(C)cc3Cl)cc2)C1. The Bertz CT molecular complexity index is 672. The highest BCUT2D eigenvalue weighted by molar-refractivity contribution is 6.33. The van der Waals surface area contributed by atoms with Crippen LogP contribution in [0.4, 0.5) is 0 Å². The van der Waals surface area contributed by atoms with Crippen molar-refractivity contribution in [3.05, 3.63) is 58.6 Å². The van der Waals surface area contributed by atoms with Crippen molar-refractivity contribution in [1.82, 2.24) is 4.90 Å². The van der Waals surface area contributed by atoms with Gasteiger partial charge in [-0.05, 0) is 29.7 Å². The third-order valence-corrected chi connectivity index (χ3v) is 4.46. The molecular weight excluding hydrogens is 282 g/mol. The monoisotopic (exact) mass is 299 g/mol. The first-order valence-electron chi connectivity index (χ1n) is 7.16. The van der Waals surface area contributed by atoms with Crippen LogP contribution in [0.5, 0.6) is 0 Å². The Morgan fingerprint density at radius 1 is 1.14 bits per heavy atom. The van der Waals surface area contributed by atoms with Gasteiger partial charge < -0.3 is 4.90 Å². The van der Waals surface area contributed by atoms with E-state index in [1.54, 1.807) is 6.92 Å². The van der Waals surface area contributed by atoms with E-state index >= 15 is 0 Å². The molecule has 2 aromatic rings. The van der Waals surface area contributed by atoms with Crippen molar-refractivity contribution in [2.75, 3.05) is 13.1 Å². The van der Waals surface area contributed by atoms with Crippen molar-refractivity contribution in [3.63, 3.8) is 0 Å². The van der Waals surface area contributed by atoms with E-state index in [0.29, 0.717) is 5.92 Å². The first kappa shape index (κ1) is 14.2. The first-order chi connectivity index (χ1) is 10.0. The second-order valence-electron chi connectivity index (χ2n) is 5.73. The molecule has 2 nitrogen and oxygen atoms in total. The summed E-state index contributed by atoms with van der Waals surface area (Å²) >= 11 is 6.31. The van der Waals surface area contributed by atoms with Gasteiger partial charge in [0.25, 0.3) is 0 Å². The van der Waals surface area contributed by atoms with Crippen molar-refractivity contribution in [1.29, 1.82) is 0 Å². The minimum atomic E-state index is 0.161. The number of carbonyl (C=O) groups is 1. The van der Waals surface area contributed by atoms with Gasteiger partial charge in [-0.1, -0.05) is 48.0 Å². The van der Waals surface area contributed by atoms with Crippen LogP contribution in [0, 0.1) is 6.92 Å². The van der Waals surface area contributed by atoms with Gasteiger partial charge >= 0.3 is 0 Å². The second kappa shape index (κ2) is 5.53. The van der Waals surface area contributed by atoms with E-state index in [1.807, 2.05) is 17.9 Å².